The second-order valence-corrected chi connectivity index (χ2v) is 10.7. The lowest BCUT2D eigenvalue weighted by molar-refractivity contribution is 0.267. The minimum absolute atomic E-state index is 0.697. The van der Waals surface area contributed by atoms with Crippen molar-refractivity contribution in [3.05, 3.63) is 22.7 Å². The molecule has 0 heterocycles. The first-order valence-corrected chi connectivity index (χ1v) is 11.2. The van der Waals surface area contributed by atoms with Crippen LogP contribution in [-0.4, -0.2) is 46.3 Å². The Kier molecular flexibility index (Phi) is 8.69. The highest BCUT2D eigenvalue weighted by Gasteiger charge is 2.33. The van der Waals surface area contributed by atoms with E-state index >= 15 is 0 Å². The number of hydrogen-bond donors (Lipinski definition) is 0. The first-order chi connectivity index (χ1) is 10.1. The topological polar surface area (TPSA) is 36.9 Å². The van der Waals surface area contributed by atoms with Gasteiger partial charge < -0.3 is 17.7 Å². The molecule has 4 nitrogen and oxygen atoms in total. The van der Waals surface area contributed by atoms with Gasteiger partial charge in [-0.25, -0.2) is 0 Å². The third-order valence-electron chi connectivity index (χ3n) is 4.04. The van der Waals surface area contributed by atoms with E-state index in [0.717, 1.165) is 12.8 Å². The fraction of sp³-hybridized carbons (Fsp3) is 0.733. The molecule has 0 amide bonds. The molecule has 0 aromatic carbocycles. The van der Waals surface area contributed by atoms with E-state index < -0.39 is 17.8 Å². The Balaban J connectivity index is 2.97. The molecule has 1 saturated carbocycles. The summed E-state index contributed by atoms with van der Waals surface area (Å²) in [6.45, 7) is 2.16. The van der Waals surface area contributed by atoms with Crippen molar-refractivity contribution in [3.8, 4) is 0 Å². The lowest BCUT2D eigenvalue weighted by Crippen LogP contribution is -2.39. The van der Waals surface area contributed by atoms with Gasteiger partial charge in [0.1, 0.15) is 0 Å². The van der Waals surface area contributed by atoms with Crippen LogP contribution >= 0.6 is 0 Å². The van der Waals surface area contributed by atoms with Gasteiger partial charge in [-0.05, 0) is 41.8 Å². The molecule has 0 atom stereocenters. The van der Waals surface area contributed by atoms with Gasteiger partial charge in [0.05, 0.1) is 0 Å². The van der Waals surface area contributed by atoms with Crippen LogP contribution in [0.5, 0.6) is 0 Å². The Hall–Kier alpha value is -0.246. The molecule has 1 fully saturated rings. The zero-order valence-corrected chi connectivity index (χ0v) is 16.2. The summed E-state index contributed by atoms with van der Waals surface area (Å²) in [4.78, 5) is 0. The van der Waals surface area contributed by atoms with Crippen molar-refractivity contribution in [1.29, 1.82) is 0 Å². The maximum Gasteiger partial charge on any atom is 0.391 e. The smallest absolute Gasteiger partial charge is 0.391 e. The maximum atomic E-state index is 5.79. The first kappa shape index (κ1) is 18.8. The lowest BCUT2D eigenvalue weighted by atomic mass is 9.86. The Morgan fingerprint density at radius 2 is 1.76 bits per heavy atom. The molecule has 0 aromatic heterocycles. The van der Waals surface area contributed by atoms with E-state index in [1.54, 1.807) is 28.4 Å². The average molecular weight is 331 g/mol. The van der Waals surface area contributed by atoms with E-state index in [1.165, 1.54) is 24.5 Å². The molecule has 0 spiro atoms. The molecule has 1 rings (SSSR count). The van der Waals surface area contributed by atoms with E-state index in [0.29, 0.717) is 5.92 Å². The third-order valence-corrected chi connectivity index (χ3v) is 9.00. The summed E-state index contributed by atoms with van der Waals surface area (Å²) < 4.78 is 22.7. The van der Waals surface area contributed by atoms with E-state index in [4.69, 9.17) is 17.7 Å². The molecular weight excluding hydrogens is 300 g/mol. The van der Waals surface area contributed by atoms with Crippen LogP contribution in [0.3, 0.4) is 0 Å². The minimum Gasteiger partial charge on any atom is -0.397 e. The molecule has 0 bridgehead atoms. The molecule has 0 aliphatic heterocycles. The maximum absolute atomic E-state index is 5.79. The highest BCUT2D eigenvalue weighted by atomic mass is 28.4. The van der Waals surface area contributed by atoms with E-state index in [1.807, 2.05) is 0 Å². The van der Waals surface area contributed by atoms with Crippen molar-refractivity contribution in [3.63, 3.8) is 0 Å². The van der Waals surface area contributed by atoms with Gasteiger partial charge in [-0.15, -0.1) is 0 Å². The van der Waals surface area contributed by atoms with Gasteiger partial charge in [-0.3, -0.25) is 0 Å². The Morgan fingerprint density at radius 1 is 1.14 bits per heavy atom. The molecule has 0 N–H and O–H groups in total. The summed E-state index contributed by atoms with van der Waals surface area (Å²) in [5.74, 6) is 0.697. The van der Waals surface area contributed by atoms with Crippen LogP contribution in [0.1, 0.15) is 39.0 Å². The summed E-state index contributed by atoms with van der Waals surface area (Å²) in [7, 11) is 2.66. The molecular formula is C15H30O4Si2. The summed E-state index contributed by atoms with van der Waals surface area (Å²) in [6, 6.07) is 0. The fourth-order valence-electron chi connectivity index (χ4n) is 2.49. The lowest BCUT2D eigenvalue weighted by Gasteiger charge is -2.26. The highest BCUT2D eigenvalue weighted by molar-refractivity contribution is 6.79. The van der Waals surface area contributed by atoms with Crippen LogP contribution in [0, 0.1) is 5.92 Å². The van der Waals surface area contributed by atoms with Crippen LogP contribution in [0.2, 0.25) is 0 Å². The van der Waals surface area contributed by atoms with Gasteiger partial charge in [-0.1, -0.05) is 25.8 Å². The summed E-state index contributed by atoms with van der Waals surface area (Å²) in [6.07, 6.45) is 8.21. The molecule has 6 heteroatoms. The van der Waals surface area contributed by atoms with Gasteiger partial charge in [-0.2, -0.15) is 0 Å². The highest BCUT2D eigenvalue weighted by Crippen LogP contribution is 2.28. The predicted octanol–water partition coefficient (Wildman–Crippen LogP) is 2.94. The van der Waals surface area contributed by atoms with Gasteiger partial charge >= 0.3 is 17.8 Å². The summed E-state index contributed by atoms with van der Waals surface area (Å²) in [5, 5.41) is 1.23. The summed E-state index contributed by atoms with van der Waals surface area (Å²) in [5.41, 5.74) is 4.35. The molecule has 21 heavy (non-hydrogen) atoms. The standard InChI is InChI=1S/C15H30O4Si2/c1-6-8-15(20(16-2)17-3)13-21(18-4,19-5)12-11-14-9-7-10-14/h11-14,20H,6-10H2,1-5H3. The Bertz CT molecular complexity index is 346. The van der Waals surface area contributed by atoms with Crippen LogP contribution in [0.25, 0.3) is 0 Å². The van der Waals surface area contributed by atoms with E-state index in [9.17, 15) is 0 Å². The van der Waals surface area contributed by atoms with Crippen LogP contribution in [0.15, 0.2) is 22.7 Å². The molecule has 0 radical (unpaired) electrons. The van der Waals surface area contributed by atoms with Crippen molar-refractivity contribution in [2.24, 2.45) is 5.92 Å². The van der Waals surface area contributed by atoms with Gasteiger partial charge in [0, 0.05) is 28.4 Å². The third kappa shape index (κ3) is 5.46. The molecule has 1 aliphatic carbocycles. The van der Waals surface area contributed by atoms with Crippen LogP contribution in [0.4, 0.5) is 0 Å². The van der Waals surface area contributed by atoms with Crippen molar-refractivity contribution >= 4 is 17.8 Å². The SMILES string of the molecule is CCCC(=C[Si](C=CC1CCC1)(OC)OC)[SiH](OC)OC. The molecule has 0 unspecified atom stereocenters. The Morgan fingerprint density at radius 3 is 2.14 bits per heavy atom. The van der Waals surface area contributed by atoms with Gasteiger partial charge in [0.25, 0.3) is 0 Å². The van der Waals surface area contributed by atoms with Crippen LogP contribution in [-0.2, 0) is 17.7 Å². The van der Waals surface area contributed by atoms with Crippen LogP contribution < -0.4 is 0 Å². The van der Waals surface area contributed by atoms with Crippen molar-refractivity contribution in [2.45, 2.75) is 39.0 Å². The second kappa shape index (κ2) is 9.71. The zero-order chi connectivity index (χ0) is 15.7. The van der Waals surface area contributed by atoms with Gasteiger partial charge in [0.2, 0.25) is 0 Å². The van der Waals surface area contributed by atoms with Crippen molar-refractivity contribution in [1.82, 2.24) is 0 Å². The predicted molar refractivity (Wildman–Crippen MR) is 90.4 cm³/mol. The average Bonchev–Trinajstić information content (AvgIpc) is 2.45. The van der Waals surface area contributed by atoms with E-state index in [-0.39, 0.29) is 0 Å². The first-order valence-electron chi connectivity index (χ1n) is 7.71. The Labute approximate surface area is 132 Å². The number of hydrogen-bond acceptors (Lipinski definition) is 4. The van der Waals surface area contributed by atoms with E-state index in [2.05, 4.69) is 24.4 Å². The fourth-order valence-corrected chi connectivity index (χ4v) is 7.03. The molecule has 0 aromatic rings. The number of allylic oxidation sites excluding steroid dienone is 2. The zero-order valence-electron chi connectivity index (χ0n) is 14.1. The monoisotopic (exact) mass is 330 g/mol. The number of rotatable bonds is 10. The minimum atomic E-state index is -2.45. The van der Waals surface area contributed by atoms with Crippen molar-refractivity contribution < 1.29 is 17.7 Å². The normalized spacial score (nSPS) is 17.7. The summed E-state index contributed by atoms with van der Waals surface area (Å²) >= 11 is 0. The molecule has 0 saturated heterocycles. The second-order valence-electron chi connectivity index (χ2n) is 5.45. The van der Waals surface area contributed by atoms with Gasteiger partial charge in [0.15, 0.2) is 0 Å². The molecule has 122 valence electrons. The molecule has 1 aliphatic rings. The quantitative estimate of drug-likeness (QED) is 0.577. The largest absolute Gasteiger partial charge is 0.397 e. The van der Waals surface area contributed by atoms with Crippen molar-refractivity contribution in [2.75, 3.05) is 28.4 Å².